The maximum Gasteiger partial charge on any atom is 0.162 e. The van der Waals surface area contributed by atoms with E-state index >= 15 is 0 Å². The number of anilines is 2. The summed E-state index contributed by atoms with van der Waals surface area (Å²) in [5.41, 5.74) is 0.876. The minimum absolute atomic E-state index is 0.673. The second kappa shape index (κ2) is 5.16. The van der Waals surface area contributed by atoms with E-state index in [2.05, 4.69) is 15.3 Å². The van der Waals surface area contributed by atoms with Crippen molar-refractivity contribution in [3.05, 3.63) is 36.8 Å². The maximum absolute atomic E-state index is 5.22. The molecule has 1 N–H and O–H groups in total. The third-order valence-corrected chi connectivity index (χ3v) is 2.24. The van der Waals surface area contributed by atoms with Gasteiger partial charge in [0.1, 0.15) is 12.1 Å². The second-order valence-corrected chi connectivity index (χ2v) is 3.29. The Labute approximate surface area is 99.4 Å². The molecular weight excluding hydrogens is 218 g/mol. The number of hydrogen-bond donors (Lipinski definition) is 1. The molecule has 1 heterocycles. The molecule has 5 heteroatoms. The Hall–Kier alpha value is -2.30. The summed E-state index contributed by atoms with van der Waals surface area (Å²) in [5.74, 6) is 2.10. The van der Waals surface area contributed by atoms with Crippen LogP contribution in [-0.4, -0.2) is 24.2 Å². The van der Waals surface area contributed by atoms with Crippen molar-refractivity contribution in [3.63, 3.8) is 0 Å². The van der Waals surface area contributed by atoms with Gasteiger partial charge in [0.2, 0.25) is 0 Å². The third kappa shape index (κ3) is 2.63. The van der Waals surface area contributed by atoms with Gasteiger partial charge in [0, 0.05) is 18.0 Å². The smallest absolute Gasteiger partial charge is 0.162 e. The van der Waals surface area contributed by atoms with Gasteiger partial charge < -0.3 is 14.8 Å². The summed E-state index contributed by atoms with van der Waals surface area (Å²) in [6, 6.07) is 7.36. The molecule has 2 aromatic rings. The van der Waals surface area contributed by atoms with Crippen molar-refractivity contribution in [2.24, 2.45) is 0 Å². The lowest BCUT2D eigenvalue weighted by Crippen LogP contribution is -1.95. The predicted molar refractivity (Wildman–Crippen MR) is 64.9 cm³/mol. The summed E-state index contributed by atoms with van der Waals surface area (Å²) in [7, 11) is 3.21. The zero-order valence-electron chi connectivity index (χ0n) is 9.68. The van der Waals surface area contributed by atoms with E-state index in [1.807, 2.05) is 18.2 Å². The molecule has 0 atom stereocenters. The number of nitrogens with one attached hydrogen (secondary N) is 1. The fourth-order valence-electron chi connectivity index (χ4n) is 1.43. The highest BCUT2D eigenvalue weighted by atomic mass is 16.5. The Morgan fingerprint density at radius 3 is 2.53 bits per heavy atom. The van der Waals surface area contributed by atoms with E-state index in [1.54, 1.807) is 26.5 Å². The van der Waals surface area contributed by atoms with Gasteiger partial charge in [-0.25, -0.2) is 9.97 Å². The van der Waals surface area contributed by atoms with Crippen molar-refractivity contribution in [3.8, 4) is 11.5 Å². The number of aromatic nitrogens is 2. The Morgan fingerprint density at radius 2 is 1.88 bits per heavy atom. The van der Waals surface area contributed by atoms with Crippen LogP contribution < -0.4 is 14.8 Å². The summed E-state index contributed by atoms with van der Waals surface area (Å²) < 4.78 is 10.4. The minimum Gasteiger partial charge on any atom is -0.493 e. The van der Waals surface area contributed by atoms with E-state index in [0.717, 1.165) is 11.5 Å². The number of rotatable bonds is 4. The molecule has 0 saturated carbocycles. The Kier molecular flexibility index (Phi) is 3.40. The molecule has 2 rings (SSSR count). The molecule has 0 fully saturated rings. The lowest BCUT2D eigenvalue weighted by atomic mass is 10.2. The van der Waals surface area contributed by atoms with Crippen LogP contribution in [0.1, 0.15) is 0 Å². The van der Waals surface area contributed by atoms with Crippen LogP contribution in [-0.2, 0) is 0 Å². The van der Waals surface area contributed by atoms with Crippen LogP contribution in [0, 0.1) is 0 Å². The standard InChI is InChI=1S/C12H13N3O2/c1-16-10-4-3-9(7-11(10)17-2)15-12-5-6-13-8-14-12/h3-8H,1-2H3,(H,13,14,15). The lowest BCUT2D eigenvalue weighted by Gasteiger charge is -2.10. The molecule has 0 amide bonds. The first-order valence-corrected chi connectivity index (χ1v) is 5.08. The average molecular weight is 231 g/mol. The van der Waals surface area contributed by atoms with Gasteiger partial charge >= 0.3 is 0 Å². The molecule has 1 aromatic carbocycles. The minimum atomic E-state index is 0.673. The Balaban J connectivity index is 2.22. The highest BCUT2D eigenvalue weighted by Gasteiger charge is 2.04. The second-order valence-electron chi connectivity index (χ2n) is 3.29. The number of methoxy groups -OCH3 is 2. The van der Waals surface area contributed by atoms with E-state index in [4.69, 9.17) is 9.47 Å². The van der Waals surface area contributed by atoms with Crippen molar-refractivity contribution in [1.29, 1.82) is 0 Å². The summed E-state index contributed by atoms with van der Waals surface area (Å²) in [6.45, 7) is 0. The van der Waals surface area contributed by atoms with Crippen LogP contribution in [0.5, 0.6) is 11.5 Å². The zero-order valence-corrected chi connectivity index (χ0v) is 9.68. The molecule has 0 saturated heterocycles. The topological polar surface area (TPSA) is 56.3 Å². The van der Waals surface area contributed by atoms with Gasteiger partial charge in [-0.2, -0.15) is 0 Å². The fourth-order valence-corrected chi connectivity index (χ4v) is 1.43. The lowest BCUT2D eigenvalue weighted by molar-refractivity contribution is 0.355. The van der Waals surface area contributed by atoms with Crippen LogP contribution in [0.4, 0.5) is 11.5 Å². The van der Waals surface area contributed by atoms with Crippen molar-refractivity contribution >= 4 is 11.5 Å². The van der Waals surface area contributed by atoms with Gasteiger partial charge in [0.05, 0.1) is 14.2 Å². The number of benzene rings is 1. The van der Waals surface area contributed by atoms with Crippen molar-refractivity contribution < 1.29 is 9.47 Å². The van der Waals surface area contributed by atoms with Crippen LogP contribution in [0.25, 0.3) is 0 Å². The summed E-state index contributed by atoms with van der Waals surface area (Å²) in [6.07, 6.45) is 3.17. The molecule has 5 nitrogen and oxygen atoms in total. The van der Waals surface area contributed by atoms with Gasteiger partial charge in [-0.15, -0.1) is 0 Å². The Morgan fingerprint density at radius 1 is 1.06 bits per heavy atom. The normalized spacial score (nSPS) is 9.76. The molecule has 0 bridgehead atoms. The van der Waals surface area contributed by atoms with Crippen LogP contribution >= 0.6 is 0 Å². The molecule has 0 aliphatic carbocycles. The molecule has 1 aromatic heterocycles. The molecule has 0 spiro atoms. The summed E-state index contributed by atoms with van der Waals surface area (Å²) in [4.78, 5) is 7.93. The molecule has 88 valence electrons. The summed E-state index contributed by atoms with van der Waals surface area (Å²) >= 11 is 0. The predicted octanol–water partition coefficient (Wildman–Crippen LogP) is 2.24. The highest BCUT2D eigenvalue weighted by Crippen LogP contribution is 2.30. The van der Waals surface area contributed by atoms with Gasteiger partial charge in [0.15, 0.2) is 11.5 Å². The van der Waals surface area contributed by atoms with Gasteiger partial charge in [0.25, 0.3) is 0 Å². The maximum atomic E-state index is 5.22. The van der Waals surface area contributed by atoms with E-state index in [9.17, 15) is 0 Å². The molecule has 0 aliphatic heterocycles. The largest absolute Gasteiger partial charge is 0.493 e. The molecule has 17 heavy (non-hydrogen) atoms. The van der Waals surface area contributed by atoms with Crippen molar-refractivity contribution in [2.75, 3.05) is 19.5 Å². The number of hydrogen-bond acceptors (Lipinski definition) is 5. The molecule has 0 radical (unpaired) electrons. The van der Waals surface area contributed by atoms with E-state index < -0.39 is 0 Å². The van der Waals surface area contributed by atoms with Gasteiger partial charge in [-0.3, -0.25) is 0 Å². The van der Waals surface area contributed by atoms with Crippen LogP contribution in [0.3, 0.4) is 0 Å². The number of ether oxygens (including phenoxy) is 2. The monoisotopic (exact) mass is 231 g/mol. The number of nitrogens with zero attached hydrogens (tertiary/aromatic N) is 2. The van der Waals surface area contributed by atoms with Crippen molar-refractivity contribution in [2.45, 2.75) is 0 Å². The fraction of sp³-hybridized carbons (Fsp3) is 0.167. The first-order chi connectivity index (χ1) is 8.33. The Bertz CT molecular complexity index is 488. The van der Waals surface area contributed by atoms with Crippen LogP contribution in [0.2, 0.25) is 0 Å². The first kappa shape index (κ1) is 11.2. The third-order valence-electron chi connectivity index (χ3n) is 2.24. The van der Waals surface area contributed by atoms with Gasteiger partial charge in [-0.05, 0) is 18.2 Å². The van der Waals surface area contributed by atoms with E-state index in [1.165, 1.54) is 6.33 Å². The van der Waals surface area contributed by atoms with Crippen molar-refractivity contribution in [1.82, 2.24) is 9.97 Å². The molecule has 0 aliphatic rings. The first-order valence-electron chi connectivity index (χ1n) is 5.08. The van der Waals surface area contributed by atoms with E-state index in [-0.39, 0.29) is 0 Å². The molecular formula is C12H13N3O2. The van der Waals surface area contributed by atoms with Gasteiger partial charge in [-0.1, -0.05) is 0 Å². The highest BCUT2D eigenvalue weighted by molar-refractivity contribution is 5.61. The molecule has 0 unspecified atom stereocenters. The summed E-state index contributed by atoms with van der Waals surface area (Å²) in [5, 5.41) is 3.14. The van der Waals surface area contributed by atoms with E-state index in [0.29, 0.717) is 11.5 Å². The van der Waals surface area contributed by atoms with Crippen LogP contribution in [0.15, 0.2) is 36.8 Å². The zero-order chi connectivity index (χ0) is 12.1. The SMILES string of the molecule is COc1ccc(Nc2ccncn2)cc1OC. The average Bonchev–Trinajstić information content (AvgIpc) is 2.40. The quantitative estimate of drug-likeness (QED) is 0.874.